The maximum Gasteiger partial charge on any atom is 0.381 e. The van der Waals surface area contributed by atoms with Gasteiger partial charge in [0.1, 0.15) is 17.6 Å². The Labute approximate surface area is 107 Å². The largest absolute Gasteiger partial charge is 0.465 e. The van der Waals surface area contributed by atoms with Crippen LogP contribution in [-0.4, -0.2) is 37.5 Å². The van der Waals surface area contributed by atoms with Crippen LogP contribution < -0.4 is 0 Å². The third-order valence-corrected chi connectivity index (χ3v) is 2.29. The molecule has 2 heterocycles. The summed E-state index contributed by atoms with van der Waals surface area (Å²) < 4.78 is 5.88. The number of aryl methyl sites for hydroxylation is 1. The summed E-state index contributed by atoms with van der Waals surface area (Å²) in [5.41, 5.74) is 0.0976. The molecule has 0 N–H and O–H groups in total. The molecule has 2 rings (SSSR count). The van der Waals surface area contributed by atoms with Crippen LogP contribution >= 0.6 is 0 Å². The molecule has 19 heavy (non-hydrogen) atoms. The highest BCUT2D eigenvalue weighted by Gasteiger charge is 2.19. The molecule has 0 bridgehead atoms. The Bertz CT molecular complexity index is 651. The van der Waals surface area contributed by atoms with Crippen LogP contribution in [-0.2, 0) is 4.74 Å². The average Bonchev–Trinajstić information content (AvgIpc) is 2.87. The molecule has 0 spiro atoms. The van der Waals surface area contributed by atoms with Gasteiger partial charge in [-0.2, -0.15) is 0 Å². The highest BCUT2D eigenvalue weighted by Crippen LogP contribution is 2.15. The standard InChI is InChI=1S/C10H9N5O4/c1-6-11-3-7(10(16)19-2)9(13-6)14-4-8(12-5-14)15(17)18/h3-5H,1-2H3. The average molecular weight is 263 g/mol. The van der Waals surface area contributed by atoms with Crippen LogP contribution in [0.5, 0.6) is 0 Å². The third-order valence-electron chi connectivity index (χ3n) is 2.29. The predicted molar refractivity (Wildman–Crippen MR) is 61.9 cm³/mol. The number of rotatable bonds is 3. The minimum absolute atomic E-state index is 0.0976. The number of imidazole rings is 1. The smallest absolute Gasteiger partial charge is 0.381 e. The van der Waals surface area contributed by atoms with E-state index in [1.54, 1.807) is 6.92 Å². The van der Waals surface area contributed by atoms with Crippen molar-refractivity contribution in [2.24, 2.45) is 0 Å². The van der Waals surface area contributed by atoms with Crippen LogP contribution in [0.15, 0.2) is 18.7 Å². The Balaban J connectivity index is 2.55. The zero-order valence-corrected chi connectivity index (χ0v) is 10.1. The van der Waals surface area contributed by atoms with Gasteiger partial charge in [0.05, 0.1) is 7.11 Å². The molecule has 9 nitrogen and oxygen atoms in total. The Kier molecular flexibility index (Phi) is 3.19. The van der Waals surface area contributed by atoms with E-state index < -0.39 is 10.9 Å². The van der Waals surface area contributed by atoms with Crippen LogP contribution in [0.3, 0.4) is 0 Å². The second-order valence-electron chi connectivity index (χ2n) is 3.54. The summed E-state index contributed by atoms with van der Waals surface area (Å²) in [4.78, 5) is 33.1. The molecule has 98 valence electrons. The number of aromatic nitrogens is 4. The quantitative estimate of drug-likeness (QED) is 0.454. The summed E-state index contributed by atoms with van der Waals surface area (Å²) in [6.07, 6.45) is 3.66. The maximum absolute atomic E-state index is 11.6. The second kappa shape index (κ2) is 4.80. The van der Waals surface area contributed by atoms with E-state index in [4.69, 9.17) is 0 Å². The lowest BCUT2D eigenvalue weighted by atomic mass is 10.3. The summed E-state index contributed by atoms with van der Waals surface area (Å²) in [7, 11) is 1.22. The lowest BCUT2D eigenvalue weighted by Gasteiger charge is -2.06. The molecule has 0 amide bonds. The van der Waals surface area contributed by atoms with Crippen molar-refractivity contribution in [1.82, 2.24) is 19.5 Å². The van der Waals surface area contributed by atoms with Gasteiger partial charge in [0.15, 0.2) is 5.82 Å². The molecule has 2 aromatic heterocycles. The van der Waals surface area contributed by atoms with Gasteiger partial charge < -0.3 is 14.9 Å². The van der Waals surface area contributed by atoms with E-state index in [2.05, 4.69) is 19.7 Å². The Hall–Kier alpha value is -2.84. The molecule has 0 aliphatic heterocycles. The van der Waals surface area contributed by atoms with E-state index >= 15 is 0 Å². The number of carbonyl (C=O) groups is 1. The highest BCUT2D eigenvalue weighted by atomic mass is 16.6. The van der Waals surface area contributed by atoms with Gasteiger partial charge in [0.25, 0.3) is 0 Å². The second-order valence-corrected chi connectivity index (χ2v) is 3.54. The molecule has 0 atom stereocenters. The lowest BCUT2D eigenvalue weighted by molar-refractivity contribution is -0.389. The topological polar surface area (TPSA) is 113 Å². The molecule has 0 fully saturated rings. The Morgan fingerprint density at radius 1 is 1.47 bits per heavy atom. The van der Waals surface area contributed by atoms with Gasteiger partial charge in [-0.3, -0.25) is 4.57 Å². The fourth-order valence-corrected chi connectivity index (χ4v) is 1.43. The number of carbonyl (C=O) groups excluding carboxylic acids is 1. The predicted octanol–water partition coefficient (Wildman–Crippen LogP) is 0.666. The third kappa shape index (κ3) is 2.39. The molecule has 0 saturated carbocycles. The lowest BCUT2D eigenvalue weighted by Crippen LogP contribution is -2.11. The van der Waals surface area contributed by atoms with Crippen LogP contribution in [0.2, 0.25) is 0 Å². The molecule has 0 radical (unpaired) electrons. The molecule has 9 heteroatoms. The van der Waals surface area contributed by atoms with Gasteiger partial charge in [0, 0.05) is 6.20 Å². The first kappa shape index (κ1) is 12.6. The zero-order chi connectivity index (χ0) is 14.0. The van der Waals surface area contributed by atoms with Gasteiger partial charge in [-0.25, -0.2) is 14.8 Å². The van der Waals surface area contributed by atoms with E-state index in [-0.39, 0.29) is 17.2 Å². The van der Waals surface area contributed by atoms with Crippen LogP contribution in [0.1, 0.15) is 16.2 Å². The van der Waals surface area contributed by atoms with Crippen molar-refractivity contribution in [3.8, 4) is 5.82 Å². The fraction of sp³-hybridized carbons (Fsp3) is 0.200. The van der Waals surface area contributed by atoms with Crippen LogP contribution in [0, 0.1) is 17.0 Å². The zero-order valence-electron chi connectivity index (χ0n) is 10.1. The molecule has 0 aromatic carbocycles. The minimum atomic E-state index is -0.637. The van der Waals surface area contributed by atoms with Crippen molar-refractivity contribution in [1.29, 1.82) is 0 Å². The first-order valence-corrected chi connectivity index (χ1v) is 5.13. The van der Waals surface area contributed by atoms with Gasteiger partial charge in [-0.05, 0) is 16.8 Å². The molecular formula is C10H9N5O4. The summed E-state index contributed by atoms with van der Waals surface area (Å²) >= 11 is 0. The van der Waals surface area contributed by atoms with Crippen molar-refractivity contribution in [2.45, 2.75) is 6.92 Å². The first-order chi connectivity index (χ1) is 9.02. The van der Waals surface area contributed by atoms with Crippen molar-refractivity contribution in [3.63, 3.8) is 0 Å². The number of nitrogens with zero attached hydrogens (tertiary/aromatic N) is 5. The van der Waals surface area contributed by atoms with E-state index in [0.29, 0.717) is 5.82 Å². The summed E-state index contributed by atoms with van der Waals surface area (Å²) in [5, 5.41) is 10.6. The number of methoxy groups -OCH3 is 1. The van der Waals surface area contributed by atoms with E-state index in [9.17, 15) is 14.9 Å². The number of ether oxygens (including phenoxy) is 1. The van der Waals surface area contributed by atoms with Crippen molar-refractivity contribution in [3.05, 3.63) is 40.2 Å². The Morgan fingerprint density at radius 3 is 2.79 bits per heavy atom. The molecule has 0 saturated heterocycles. The molecule has 0 aliphatic carbocycles. The molecule has 0 unspecified atom stereocenters. The van der Waals surface area contributed by atoms with Crippen LogP contribution in [0.4, 0.5) is 5.82 Å². The van der Waals surface area contributed by atoms with Gasteiger partial charge in [0.2, 0.25) is 6.33 Å². The summed E-state index contributed by atoms with van der Waals surface area (Å²) in [6, 6.07) is 0. The van der Waals surface area contributed by atoms with Gasteiger partial charge in [-0.1, -0.05) is 0 Å². The van der Waals surface area contributed by atoms with Gasteiger partial charge in [-0.15, -0.1) is 0 Å². The molecule has 0 aliphatic rings. The van der Waals surface area contributed by atoms with E-state index in [0.717, 1.165) is 6.20 Å². The van der Waals surface area contributed by atoms with Crippen molar-refractivity contribution in [2.75, 3.05) is 7.11 Å². The fourth-order valence-electron chi connectivity index (χ4n) is 1.43. The normalized spacial score (nSPS) is 10.2. The number of nitro groups is 1. The van der Waals surface area contributed by atoms with E-state index in [1.165, 1.54) is 24.2 Å². The maximum atomic E-state index is 11.6. The van der Waals surface area contributed by atoms with Gasteiger partial charge >= 0.3 is 11.8 Å². The SMILES string of the molecule is COC(=O)c1cnc(C)nc1-n1cnc([N+](=O)[O-])c1. The number of esters is 1. The van der Waals surface area contributed by atoms with Crippen molar-refractivity contribution >= 4 is 11.8 Å². The monoisotopic (exact) mass is 263 g/mol. The van der Waals surface area contributed by atoms with Crippen molar-refractivity contribution < 1.29 is 14.5 Å². The summed E-state index contributed by atoms with van der Waals surface area (Å²) in [5.74, 6) is -0.377. The summed E-state index contributed by atoms with van der Waals surface area (Å²) in [6.45, 7) is 1.63. The molecule has 2 aromatic rings. The highest BCUT2D eigenvalue weighted by molar-refractivity contribution is 5.92. The number of hydrogen-bond donors (Lipinski definition) is 0. The van der Waals surface area contributed by atoms with E-state index in [1.807, 2.05) is 0 Å². The number of hydrogen-bond acceptors (Lipinski definition) is 7. The van der Waals surface area contributed by atoms with Crippen LogP contribution in [0.25, 0.3) is 5.82 Å². The molecular weight excluding hydrogens is 254 g/mol. The Morgan fingerprint density at radius 2 is 2.21 bits per heavy atom. The first-order valence-electron chi connectivity index (χ1n) is 5.13. The minimum Gasteiger partial charge on any atom is -0.465 e.